The van der Waals surface area contributed by atoms with Crippen molar-refractivity contribution in [3.63, 3.8) is 0 Å². The summed E-state index contributed by atoms with van der Waals surface area (Å²) in [6.45, 7) is 2.07. The van der Waals surface area contributed by atoms with Gasteiger partial charge < -0.3 is 5.11 Å². The molecule has 2 saturated heterocycles. The summed E-state index contributed by atoms with van der Waals surface area (Å²) < 4.78 is 24.9. The van der Waals surface area contributed by atoms with Crippen LogP contribution in [0.4, 0.5) is 0 Å². The number of carboxylic acids is 1. The Hall–Kier alpha value is -1.09. The zero-order chi connectivity index (χ0) is 17.5. The van der Waals surface area contributed by atoms with E-state index in [4.69, 9.17) is 0 Å². The number of hydrogen-bond acceptors (Lipinski definition) is 5. The molecule has 2 aliphatic rings. The number of fused-ring (bicyclic) bond motifs is 1. The Bertz CT molecular complexity index is 752. The third-order valence-electron chi connectivity index (χ3n) is 5.13. The lowest BCUT2D eigenvalue weighted by Crippen LogP contribution is -2.41. The van der Waals surface area contributed by atoms with Crippen LogP contribution in [0.3, 0.4) is 0 Å². The molecule has 0 spiro atoms. The second-order valence-corrected chi connectivity index (χ2v) is 9.53. The molecular formula is C16H22N2O4S2. The average Bonchev–Trinajstić information content (AvgIpc) is 3.02. The van der Waals surface area contributed by atoms with E-state index >= 15 is 0 Å². The molecule has 2 heterocycles. The number of carbonyl (C=O) groups is 1. The van der Waals surface area contributed by atoms with Crippen LogP contribution >= 0.6 is 11.8 Å². The lowest BCUT2D eigenvalue weighted by molar-refractivity contribution is -0.148. The third kappa shape index (κ3) is 3.08. The first-order valence-electron chi connectivity index (χ1n) is 7.79. The van der Waals surface area contributed by atoms with E-state index in [9.17, 15) is 18.3 Å². The maximum atomic E-state index is 11.9. The molecule has 0 aromatic heterocycles. The second kappa shape index (κ2) is 6.33. The Morgan fingerprint density at radius 1 is 1.33 bits per heavy atom. The van der Waals surface area contributed by atoms with E-state index in [0.29, 0.717) is 26.2 Å². The molecule has 1 aromatic carbocycles. The number of aliphatic carboxylic acids is 1. The molecule has 0 amide bonds. The number of hydrogen-bond donors (Lipinski definition) is 1. The molecule has 0 radical (unpaired) electrons. The molecular weight excluding hydrogens is 348 g/mol. The van der Waals surface area contributed by atoms with Gasteiger partial charge in [-0.25, -0.2) is 12.7 Å². The van der Waals surface area contributed by atoms with Crippen molar-refractivity contribution in [3.05, 3.63) is 29.8 Å². The summed E-state index contributed by atoms with van der Waals surface area (Å²) >= 11 is 1.68. The molecule has 3 rings (SSSR count). The SMILES string of the molecule is CSc1ccccc1CN1CC2CN(S(C)(=O)=O)CC2(C(=O)O)C1. The molecule has 2 fully saturated rings. The number of carboxylic acid groups (broad SMARTS) is 1. The molecule has 132 valence electrons. The molecule has 6 nitrogen and oxygen atoms in total. The molecule has 0 bridgehead atoms. The summed E-state index contributed by atoms with van der Waals surface area (Å²) in [5, 5.41) is 9.79. The minimum absolute atomic E-state index is 0.0759. The quantitative estimate of drug-likeness (QED) is 0.785. The van der Waals surface area contributed by atoms with Gasteiger partial charge in [-0.15, -0.1) is 11.8 Å². The summed E-state index contributed by atoms with van der Waals surface area (Å²) in [5.74, 6) is -1.05. The molecule has 1 aromatic rings. The van der Waals surface area contributed by atoms with E-state index in [-0.39, 0.29) is 12.5 Å². The van der Waals surface area contributed by atoms with Crippen LogP contribution in [-0.4, -0.2) is 67.4 Å². The fourth-order valence-electron chi connectivity index (χ4n) is 3.87. The van der Waals surface area contributed by atoms with Crippen molar-refractivity contribution in [2.75, 3.05) is 38.7 Å². The summed E-state index contributed by atoms with van der Waals surface area (Å²) in [5.41, 5.74) is 0.197. The average molecular weight is 370 g/mol. The van der Waals surface area contributed by atoms with Gasteiger partial charge >= 0.3 is 5.97 Å². The highest BCUT2D eigenvalue weighted by atomic mass is 32.2. The van der Waals surface area contributed by atoms with E-state index in [2.05, 4.69) is 17.0 Å². The molecule has 8 heteroatoms. The van der Waals surface area contributed by atoms with Crippen LogP contribution in [0.1, 0.15) is 5.56 Å². The van der Waals surface area contributed by atoms with Gasteiger partial charge in [0.1, 0.15) is 0 Å². The predicted molar refractivity (Wildman–Crippen MR) is 93.5 cm³/mol. The Balaban J connectivity index is 1.80. The molecule has 24 heavy (non-hydrogen) atoms. The maximum Gasteiger partial charge on any atom is 0.312 e. The van der Waals surface area contributed by atoms with Gasteiger partial charge in [0.25, 0.3) is 0 Å². The molecule has 0 aliphatic carbocycles. The van der Waals surface area contributed by atoms with E-state index in [1.54, 1.807) is 11.8 Å². The van der Waals surface area contributed by atoms with Crippen molar-refractivity contribution in [1.29, 1.82) is 0 Å². The lowest BCUT2D eigenvalue weighted by Gasteiger charge is -2.25. The highest BCUT2D eigenvalue weighted by Gasteiger charge is 2.59. The highest BCUT2D eigenvalue weighted by molar-refractivity contribution is 7.98. The third-order valence-corrected chi connectivity index (χ3v) is 7.18. The van der Waals surface area contributed by atoms with Crippen LogP contribution in [0, 0.1) is 11.3 Å². The van der Waals surface area contributed by atoms with Gasteiger partial charge in [0.15, 0.2) is 0 Å². The molecule has 1 N–H and O–H groups in total. The summed E-state index contributed by atoms with van der Waals surface area (Å²) in [4.78, 5) is 15.3. The number of sulfonamides is 1. The first kappa shape index (κ1) is 17.7. The van der Waals surface area contributed by atoms with Crippen LogP contribution < -0.4 is 0 Å². The number of benzene rings is 1. The molecule has 2 aliphatic heterocycles. The van der Waals surface area contributed by atoms with Gasteiger partial charge in [0.2, 0.25) is 10.0 Å². The van der Waals surface area contributed by atoms with E-state index < -0.39 is 21.4 Å². The molecule has 0 saturated carbocycles. The predicted octanol–water partition coefficient (Wildman–Crippen LogP) is 1.19. The van der Waals surface area contributed by atoms with Crippen molar-refractivity contribution in [1.82, 2.24) is 9.21 Å². The first-order valence-corrected chi connectivity index (χ1v) is 10.9. The maximum absolute atomic E-state index is 11.9. The number of nitrogens with zero attached hydrogens (tertiary/aromatic N) is 2. The summed E-state index contributed by atoms with van der Waals surface area (Å²) in [6, 6.07) is 8.12. The standard InChI is InChI=1S/C16H22N2O4S2/c1-23-14-6-4-3-5-12(14)7-17-8-13-9-18(24(2,21)22)11-16(13,10-17)15(19)20/h3-6,13H,7-11H2,1-2H3,(H,19,20). The zero-order valence-electron chi connectivity index (χ0n) is 13.8. The summed E-state index contributed by atoms with van der Waals surface area (Å²) in [6.07, 6.45) is 3.18. The Morgan fingerprint density at radius 3 is 2.62 bits per heavy atom. The number of likely N-dealkylation sites (tertiary alicyclic amines) is 1. The Labute approximate surface area is 146 Å². The van der Waals surface area contributed by atoms with Crippen molar-refractivity contribution in [3.8, 4) is 0 Å². The van der Waals surface area contributed by atoms with Gasteiger partial charge in [-0.3, -0.25) is 9.69 Å². The van der Waals surface area contributed by atoms with Crippen LogP contribution in [-0.2, 0) is 21.4 Å². The van der Waals surface area contributed by atoms with E-state index in [1.807, 2.05) is 18.4 Å². The summed E-state index contributed by atoms with van der Waals surface area (Å²) in [7, 11) is -3.36. The van der Waals surface area contributed by atoms with Gasteiger partial charge in [0.05, 0.1) is 11.7 Å². The largest absolute Gasteiger partial charge is 0.481 e. The normalized spacial score (nSPS) is 28.2. The highest BCUT2D eigenvalue weighted by Crippen LogP contribution is 2.44. The molecule has 2 unspecified atom stereocenters. The van der Waals surface area contributed by atoms with Crippen LogP contribution in [0.15, 0.2) is 29.2 Å². The van der Waals surface area contributed by atoms with Crippen molar-refractivity contribution in [2.45, 2.75) is 11.4 Å². The van der Waals surface area contributed by atoms with Gasteiger partial charge in [-0.05, 0) is 17.9 Å². The Morgan fingerprint density at radius 2 is 2.04 bits per heavy atom. The van der Waals surface area contributed by atoms with Crippen LogP contribution in [0.5, 0.6) is 0 Å². The number of rotatable bonds is 5. The lowest BCUT2D eigenvalue weighted by atomic mass is 9.81. The van der Waals surface area contributed by atoms with Gasteiger partial charge in [-0.1, -0.05) is 18.2 Å². The minimum atomic E-state index is -3.36. The van der Waals surface area contributed by atoms with Crippen molar-refractivity contribution in [2.24, 2.45) is 11.3 Å². The fraction of sp³-hybridized carbons (Fsp3) is 0.562. The first-order chi connectivity index (χ1) is 11.3. The van der Waals surface area contributed by atoms with Crippen molar-refractivity contribution >= 4 is 27.8 Å². The van der Waals surface area contributed by atoms with E-state index in [1.165, 1.54) is 14.8 Å². The fourth-order valence-corrected chi connectivity index (χ4v) is 5.40. The topological polar surface area (TPSA) is 77.9 Å². The minimum Gasteiger partial charge on any atom is -0.481 e. The van der Waals surface area contributed by atoms with Gasteiger partial charge in [0, 0.05) is 43.5 Å². The van der Waals surface area contributed by atoms with Gasteiger partial charge in [-0.2, -0.15) is 0 Å². The van der Waals surface area contributed by atoms with Crippen molar-refractivity contribution < 1.29 is 18.3 Å². The smallest absolute Gasteiger partial charge is 0.312 e. The number of thioether (sulfide) groups is 1. The Kier molecular flexibility index (Phi) is 4.67. The zero-order valence-corrected chi connectivity index (χ0v) is 15.4. The second-order valence-electron chi connectivity index (χ2n) is 6.70. The molecule has 2 atom stereocenters. The van der Waals surface area contributed by atoms with Crippen LogP contribution in [0.25, 0.3) is 0 Å². The monoisotopic (exact) mass is 370 g/mol. The van der Waals surface area contributed by atoms with E-state index in [0.717, 1.165) is 6.26 Å². The van der Waals surface area contributed by atoms with Crippen LogP contribution in [0.2, 0.25) is 0 Å².